The van der Waals surface area contributed by atoms with Gasteiger partial charge in [0.25, 0.3) is 0 Å². The Balaban J connectivity index is 1.91. The van der Waals surface area contributed by atoms with Gasteiger partial charge in [0, 0.05) is 11.8 Å². The molecule has 0 amide bonds. The van der Waals surface area contributed by atoms with Crippen LogP contribution >= 0.6 is 11.3 Å². The van der Waals surface area contributed by atoms with Gasteiger partial charge in [-0.15, -0.1) is 11.3 Å². The van der Waals surface area contributed by atoms with Gasteiger partial charge < -0.3 is 0 Å². The maximum absolute atomic E-state index is 11.8. The number of hydrogen-bond donors (Lipinski definition) is 0. The van der Waals surface area contributed by atoms with Gasteiger partial charge in [0.05, 0.1) is 5.01 Å². The van der Waals surface area contributed by atoms with Crippen molar-refractivity contribution in [3.05, 3.63) is 16.1 Å². The highest BCUT2D eigenvalue weighted by molar-refractivity contribution is 7.09. The zero-order chi connectivity index (χ0) is 14.6. The summed E-state index contributed by atoms with van der Waals surface area (Å²) in [5.74, 6) is 0.217. The van der Waals surface area contributed by atoms with E-state index < -0.39 is 0 Å². The van der Waals surface area contributed by atoms with Crippen molar-refractivity contribution in [1.82, 2.24) is 4.98 Å². The van der Waals surface area contributed by atoms with Gasteiger partial charge in [-0.25, -0.2) is 4.98 Å². The molecule has 0 N–H and O–H groups in total. The minimum absolute atomic E-state index is 0.217. The summed E-state index contributed by atoms with van der Waals surface area (Å²) in [5, 5.41) is 2.87. The van der Waals surface area contributed by atoms with Crippen molar-refractivity contribution in [1.29, 1.82) is 0 Å². The first-order valence-corrected chi connectivity index (χ1v) is 9.07. The van der Waals surface area contributed by atoms with Gasteiger partial charge >= 0.3 is 0 Å². The highest BCUT2D eigenvalue weighted by Crippen LogP contribution is 2.14. The molecule has 1 rings (SSSR count). The Morgan fingerprint density at radius 2 is 1.55 bits per heavy atom. The van der Waals surface area contributed by atoms with Crippen molar-refractivity contribution in [2.75, 3.05) is 0 Å². The van der Waals surface area contributed by atoms with E-state index in [0.717, 1.165) is 11.4 Å². The van der Waals surface area contributed by atoms with Crippen LogP contribution in [-0.2, 0) is 0 Å². The summed E-state index contributed by atoms with van der Waals surface area (Å²) in [6.45, 7) is 4.20. The Morgan fingerprint density at radius 3 is 2.05 bits per heavy atom. The molecule has 1 heterocycles. The quantitative estimate of drug-likeness (QED) is 0.352. The minimum Gasteiger partial charge on any atom is -0.292 e. The van der Waals surface area contributed by atoms with E-state index in [1.54, 1.807) is 11.3 Å². The van der Waals surface area contributed by atoms with Crippen LogP contribution in [0.4, 0.5) is 0 Å². The maximum Gasteiger partial charge on any atom is 0.182 e. The predicted octanol–water partition coefficient (Wildman–Crippen LogP) is 5.95. The highest BCUT2D eigenvalue weighted by atomic mass is 32.1. The van der Waals surface area contributed by atoms with Crippen molar-refractivity contribution in [2.24, 2.45) is 0 Å². The molecule has 0 bridgehead atoms. The maximum atomic E-state index is 11.8. The zero-order valence-corrected chi connectivity index (χ0v) is 13.9. The molecule has 0 fully saturated rings. The molecule has 0 spiro atoms. The largest absolute Gasteiger partial charge is 0.292 e. The van der Waals surface area contributed by atoms with Crippen molar-refractivity contribution < 1.29 is 4.79 Å². The summed E-state index contributed by atoms with van der Waals surface area (Å²) >= 11 is 1.56. The molecule has 0 atom stereocenters. The molecule has 0 aliphatic carbocycles. The second-order valence-corrected chi connectivity index (χ2v) is 6.67. The van der Waals surface area contributed by atoms with E-state index >= 15 is 0 Å². The second-order valence-electron chi connectivity index (χ2n) is 5.61. The van der Waals surface area contributed by atoms with E-state index in [9.17, 15) is 4.79 Å². The summed E-state index contributed by atoms with van der Waals surface area (Å²) in [6.07, 6.45) is 13.7. The molecule has 20 heavy (non-hydrogen) atoms. The van der Waals surface area contributed by atoms with E-state index in [-0.39, 0.29) is 5.78 Å². The van der Waals surface area contributed by atoms with E-state index in [2.05, 4.69) is 11.9 Å². The van der Waals surface area contributed by atoms with Crippen LogP contribution in [0.25, 0.3) is 0 Å². The van der Waals surface area contributed by atoms with Crippen LogP contribution in [0, 0.1) is 6.92 Å². The van der Waals surface area contributed by atoms with E-state index in [4.69, 9.17) is 0 Å². The number of carbonyl (C=O) groups is 1. The lowest BCUT2D eigenvalue weighted by Crippen LogP contribution is -1.99. The van der Waals surface area contributed by atoms with Crippen LogP contribution in [0.15, 0.2) is 5.38 Å². The fraction of sp³-hybridized carbons (Fsp3) is 0.765. The summed E-state index contributed by atoms with van der Waals surface area (Å²) < 4.78 is 0. The number of unbranched alkanes of at least 4 members (excludes halogenated alkanes) is 9. The average Bonchev–Trinajstić information content (AvgIpc) is 2.87. The molecule has 0 radical (unpaired) electrons. The van der Waals surface area contributed by atoms with Gasteiger partial charge in [0.2, 0.25) is 0 Å². The number of Topliss-reactive ketones (excluding diaryl/α,β-unsaturated/α-hetero) is 1. The number of hydrogen-bond acceptors (Lipinski definition) is 3. The molecule has 0 aromatic carbocycles. The lowest BCUT2D eigenvalue weighted by molar-refractivity contribution is 0.0975. The number of aromatic nitrogens is 1. The Hall–Kier alpha value is -0.700. The van der Waals surface area contributed by atoms with Crippen LogP contribution in [0.1, 0.15) is 93.0 Å². The molecule has 0 saturated carbocycles. The summed E-state index contributed by atoms with van der Waals surface area (Å²) in [4.78, 5) is 16.1. The van der Waals surface area contributed by atoms with Crippen LogP contribution in [0.2, 0.25) is 0 Å². The zero-order valence-electron chi connectivity index (χ0n) is 13.1. The highest BCUT2D eigenvalue weighted by Gasteiger charge is 2.08. The third-order valence-electron chi connectivity index (χ3n) is 3.66. The van der Waals surface area contributed by atoms with Gasteiger partial charge in [-0.1, -0.05) is 64.7 Å². The molecule has 1 aromatic heterocycles. The van der Waals surface area contributed by atoms with Crippen molar-refractivity contribution >= 4 is 17.1 Å². The summed E-state index contributed by atoms with van der Waals surface area (Å²) in [5.41, 5.74) is 0.670. The third-order valence-corrected chi connectivity index (χ3v) is 4.44. The fourth-order valence-corrected chi connectivity index (χ4v) is 3.01. The normalized spacial score (nSPS) is 10.9. The first-order valence-electron chi connectivity index (χ1n) is 8.19. The van der Waals surface area contributed by atoms with Gasteiger partial charge in [0.1, 0.15) is 5.69 Å². The lowest BCUT2D eigenvalue weighted by Gasteiger charge is -2.01. The van der Waals surface area contributed by atoms with Gasteiger partial charge in [0.15, 0.2) is 5.78 Å². The standard InChI is InChI=1S/C17H29NOS/c1-3-4-5-6-7-8-9-10-11-12-13-17(19)16-14-20-15(2)18-16/h14H,3-13H2,1-2H3. The lowest BCUT2D eigenvalue weighted by atomic mass is 10.0. The Morgan fingerprint density at radius 1 is 1.00 bits per heavy atom. The molecular formula is C17H29NOS. The number of carbonyl (C=O) groups excluding carboxylic acids is 1. The summed E-state index contributed by atoms with van der Waals surface area (Å²) in [7, 11) is 0. The van der Waals surface area contributed by atoms with Crippen molar-refractivity contribution in [3.8, 4) is 0 Å². The molecule has 0 unspecified atom stereocenters. The van der Waals surface area contributed by atoms with Crippen LogP contribution in [0.3, 0.4) is 0 Å². The average molecular weight is 295 g/mol. The number of thiazole rings is 1. The van der Waals surface area contributed by atoms with Crippen molar-refractivity contribution in [3.63, 3.8) is 0 Å². The Kier molecular flexibility index (Phi) is 9.56. The summed E-state index contributed by atoms with van der Waals surface area (Å²) in [6, 6.07) is 0. The van der Waals surface area contributed by atoms with Gasteiger partial charge in [-0.05, 0) is 13.3 Å². The van der Waals surface area contributed by atoms with Crippen LogP contribution < -0.4 is 0 Å². The minimum atomic E-state index is 0.217. The first kappa shape index (κ1) is 17.4. The number of aryl methyl sites for hydroxylation is 1. The molecule has 0 aliphatic heterocycles. The van der Waals surface area contributed by atoms with E-state index in [1.165, 1.54) is 57.8 Å². The molecule has 3 heteroatoms. The Labute approximate surface area is 128 Å². The van der Waals surface area contributed by atoms with Gasteiger partial charge in [-0.2, -0.15) is 0 Å². The fourth-order valence-electron chi connectivity index (χ4n) is 2.39. The second kappa shape index (κ2) is 11.0. The number of nitrogens with zero attached hydrogens (tertiary/aromatic N) is 1. The molecule has 114 valence electrons. The Bertz CT molecular complexity index is 373. The predicted molar refractivity (Wildman–Crippen MR) is 87.6 cm³/mol. The van der Waals surface area contributed by atoms with Crippen molar-refractivity contribution in [2.45, 2.75) is 84.5 Å². The number of ketones is 1. The van der Waals surface area contributed by atoms with E-state index in [0.29, 0.717) is 12.1 Å². The number of rotatable bonds is 12. The molecular weight excluding hydrogens is 266 g/mol. The molecule has 0 saturated heterocycles. The van der Waals surface area contributed by atoms with Gasteiger partial charge in [-0.3, -0.25) is 4.79 Å². The topological polar surface area (TPSA) is 30.0 Å². The smallest absolute Gasteiger partial charge is 0.182 e. The molecule has 1 aromatic rings. The first-order chi connectivity index (χ1) is 9.74. The van der Waals surface area contributed by atoms with Crippen LogP contribution in [0.5, 0.6) is 0 Å². The molecule has 0 aliphatic rings. The van der Waals surface area contributed by atoms with E-state index in [1.807, 2.05) is 12.3 Å². The molecule has 2 nitrogen and oxygen atoms in total. The monoisotopic (exact) mass is 295 g/mol. The third kappa shape index (κ3) is 7.78. The SMILES string of the molecule is CCCCCCCCCCCCC(=O)c1csc(C)n1. The van der Waals surface area contributed by atoms with Crippen LogP contribution in [-0.4, -0.2) is 10.8 Å².